The van der Waals surface area contributed by atoms with Crippen LogP contribution in [0.15, 0.2) is 18.2 Å². The molecule has 1 aromatic carbocycles. The summed E-state index contributed by atoms with van der Waals surface area (Å²) in [6.45, 7) is 0. The zero-order valence-corrected chi connectivity index (χ0v) is 12.5. The Morgan fingerprint density at radius 3 is 2.52 bits per heavy atom. The second kappa shape index (κ2) is 5.49. The molecule has 0 unspecified atom stereocenters. The SMILES string of the molecule is CN(C)[C@@H]1CCc2c(cccc2OS(=O)(=O)C(F)(F)F)C1. The molecule has 4 nitrogen and oxygen atoms in total. The van der Waals surface area contributed by atoms with Crippen LogP contribution in [0.1, 0.15) is 17.5 Å². The molecule has 0 saturated heterocycles. The lowest BCUT2D eigenvalue weighted by Gasteiger charge is -2.30. The fourth-order valence-corrected chi connectivity index (χ4v) is 2.92. The van der Waals surface area contributed by atoms with Gasteiger partial charge in [0.05, 0.1) is 0 Å². The average molecular weight is 323 g/mol. The van der Waals surface area contributed by atoms with Crippen molar-refractivity contribution in [1.82, 2.24) is 4.90 Å². The summed E-state index contributed by atoms with van der Waals surface area (Å²) in [6.07, 6.45) is 1.89. The molecule has 1 atom stereocenters. The largest absolute Gasteiger partial charge is 0.534 e. The molecule has 1 aromatic rings. The molecule has 0 aromatic heterocycles. The van der Waals surface area contributed by atoms with Gasteiger partial charge in [0.2, 0.25) is 0 Å². The smallest absolute Gasteiger partial charge is 0.376 e. The quantitative estimate of drug-likeness (QED) is 0.633. The van der Waals surface area contributed by atoms with Crippen LogP contribution in [0.3, 0.4) is 0 Å². The number of rotatable bonds is 3. The zero-order valence-electron chi connectivity index (χ0n) is 11.6. The average Bonchev–Trinajstić information content (AvgIpc) is 2.36. The van der Waals surface area contributed by atoms with Gasteiger partial charge in [-0.25, -0.2) is 0 Å². The zero-order chi connectivity index (χ0) is 15.8. The van der Waals surface area contributed by atoms with Gasteiger partial charge < -0.3 is 9.08 Å². The fraction of sp³-hybridized carbons (Fsp3) is 0.538. The minimum Gasteiger partial charge on any atom is -0.376 e. The summed E-state index contributed by atoms with van der Waals surface area (Å²) in [6, 6.07) is 4.85. The van der Waals surface area contributed by atoms with Crippen LogP contribution < -0.4 is 4.18 Å². The van der Waals surface area contributed by atoms with Crippen LogP contribution >= 0.6 is 0 Å². The highest BCUT2D eigenvalue weighted by Gasteiger charge is 2.48. The van der Waals surface area contributed by atoms with Gasteiger partial charge in [0.25, 0.3) is 0 Å². The summed E-state index contributed by atoms with van der Waals surface area (Å²) in [4.78, 5) is 2.04. The van der Waals surface area contributed by atoms with Crippen molar-refractivity contribution in [2.45, 2.75) is 30.8 Å². The third-order valence-corrected chi connectivity index (χ3v) is 4.59. The Balaban J connectivity index is 2.31. The van der Waals surface area contributed by atoms with E-state index in [0.717, 1.165) is 12.0 Å². The molecule has 0 amide bonds. The number of benzene rings is 1. The second-order valence-electron chi connectivity index (χ2n) is 5.24. The van der Waals surface area contributed by atoms with Crippen LogP contribution in [0.2, 0.25) is 0 Å². The number of fused-ring (bicyclic) bond motifs is 1. The van der Waals surface area contributed by atoms with Gasteiger partial charge in [-0.1, -0.05) is 12.1 Å². The maximum atomic E-state index is 12.4. The van der Waals surface area contributed by atoms with Crippen LogP contribution in [-0.4, -0.2) is 39.0 Å². The summed E-state index contributed by atoms with van der Waals surface area (Å²) in [5.74, 6) is -0.220. The van der Waals surface area contributed by atoms with Gasteiger partial charge >= 0.3 is 15.6 Å². The van der Waals surface area contributed by atoms with Crippen molar-refractivity contribution in [2.75, 3.05) is 14.1 Å². The highest BCUT2D eigenvalue weighted by atomic mass is 32.2. The van der Waals surface area contributed by atoms with Crippen molar-refractivity contribution in [3.63, 3.8) is 0 Å². The van der Waals surface area contributed by atoms with E-state index in [1.807, 2.05) is 19.0 Å². The standard InChI is InChI=1S/C13H16F3NO3S/c1-17(2)10-6-7-11-9(8-10)4-3-5-12(11)20-21(18,19)13(14,15)16/h3-5,10H,6-8H2,1-2H3/t10-/m1/s1. The van der Waals surface area contributed by atoms with Crippen molar-refractivity contribution < 1.29 is 25.8 Å². The number of halogens is 3. The maximum Gasteiger partial charge on any atom is 0.534 e. The highest BCUT2D eigenvalue weighted by molar-refractivity contribution is 7.88. The third-order valence-electron chi connectivity index (χ3n) is 3.63. The van der Waals surface area contributed by atoms with Crippen molar-refractivity contribution in [2.24, 2.45) is 0 Å². The van der Waals surface area contributed by atoms with E-state index in [1.54, 1.807) is 6.07 Å². The van der Waals surface area contributed by atoms with Gasteiger partial charge in [0, 0.05) is 6.04 Å². The van der Waals surface area contributed by atoms with Gasteiger partial charge in [0.15, 0.2) is 0 Å². The molecule has 0 bridgehead atoms. The molecule has 0 radical (unpaired) electrons. The predicted octanol–water partition coefficient (Wildman–Crippen LogP) is 2.33. The Hall–Kier alpha value is -1.28. The molecular formula is C13H16F3NO3S. The first-order chi connectivity index (χ1) is 9.62. The summed E-state index contributed by atoms with van der Waals surface area (Å²) in [5, 5.41) is 0. The predicted molar refractivity (Wildman–Crippen MR) is 71.5 cm³/mol. The van der Waals surface area contributed by atoms with Crippen LogP contribution in [-0.2, 0) is 23.0 Å². The maximum absolute atomic E-state index is 12.4. The first-order valence-corrected chi connectivity index (χ1v) is 7.80. The molecule has 0 aliphatic heterocycles. The number of alkyl halides is 3. The van der Waals surface area contributed by atoms with Gasteiger partial charge in [0.1, 0.15) is 5.75 Å². The number of hydrogen-bond acceptors (Lipinski definition) is 4. The molecule has 0 fully saturated rings. The lowest BCUT2D eigenvalue weighted by molar-refractivity contribution is -0.0500. The van der Waals surface area contributed by atoms with E-state index in [1.165, 1.54) is 12.1 Å². The Morgan fingerprint density at radius 1 is 1.29 bits per heavy atom. The molecule has 8 heteroatoms. The van der Waals surface area contributed by atoms with Gasteiger partial charge in [-0.3, -0.25) is 0 Å². The Bertz CT molecular complexity index is 626. The van der Waals surface area contributed by atoms with Crippen molar-refractivity contribution in [3.05, 3.63) is 29.3 Å². The Labute approximate surface area is 121 Å². The molecule has 21 heavy (non-hydrogen) atoms. The van der Waals surface area contributed by atoms with E-state index in [4.69, 9.17) is 0 Å². The van der Waals surface area contributed by atoms with E-state index >= 15 is 0 Å². The third kappa shape index (κ3) is 3.32. The molecule has 0 heterocycles. The number of likely N-dealkylation sites (N-methyl/N-ethyl adjacent to an activating group) is 1. The minimum atomic E-state index is -5.62. The Kier molecular flexibility index (Phi) is 4.21. The van der Waals surface area contributed by atoms with E-state index < -0.39 is 15.6 Å². The second-order valence-corrected chi connectivity index (χ2v) is 6.78. The number of nitrogens with zero attached hydrogens (tertiary/aromatic N) is 1. The summed E-state index contributed by atoms with van der Waals surface area (Å²) >= 11 is 0. The number of hydrogen-bond donors (Lipinski definition) is 0. The first-order valence-electron chi connectivity index (χ1n) is 6.40. The van der Waals surface area contributed by atoms with Crippen LogP contribution in [0, 0.1) is 0 Å². The molecule has 1 aliphatic rings. The highest BCUT2D eigenvalue weighted by Crippen LogP contribution is 2.34. The van der Waals surface area contributed by atoms with E-state index in [9.17, 15) is 21.6 Å². The monoisotopic (exact) mass is 323 g/mol. The van der Waals surface area contributed by atoms with Crippen molar-refractivity contribution in [1.29, 1.82) is 0 Å². The normalized spacial score (nSPS) is 19.4. The van der Waals surface area contributed by atoms with Crippen LogP contribution in [0.5, 0.6) is 5.75 Å². The lowest BCUT2D eigenvalue weighted by Crippen LogP contribution is -2.34. The van der Waals surface area contributed by atoms with Crippen LogP contribution in [0.25, 0.3) is 0 Å². The molecule has 2 rings (SSSR count). The van der Waals surface area contributed by atoms with E-state index in [0.29, 0.717) is 18.4 Å². The van der Waals surface area contributed by atoms with Gasteiger partial charge in [-0.05, 0) is 50.6 Å². The van der Waals surface area contributed by atoms with Gasteiger partial charge in [-0.2, -0.15) is 21.6 Å². The molecule has 118 valence electrons. The minimum absolute atomic E-state index is 0.220. The molecule has 0 spiro atoms. The molecule has 0 N–H and O–H groups in total. The topological polar surface area (TPSA) is 46.6 Å². The van der Waals surface area contributed by atoms with E-state index in [2.05, 4.69) is 4.18 Å². The Morgan fingerprint density at radius 2 is 1.95 bits per heavy atom. The molecule has 1 aliphatic carbocycles. The van der Waals surface area contributed by atoms with E-state index in [-0.39, 0.29) is 11.8 Å². The fourth-order valence-electron chi connectivity index (χ4n) is 2.44. The van der Waals surface area contributed by atoms with Gasteiger partial charge in [-0.15, -0.1) is 0 Å². The summed E-state index contributed by atoms with van der Waals surface area (Å²) in [7, 11) is -1.76. The molecular weight excluding hydrogens is 307 g/mol. The van der Waals surface area contributed by atoms with Crippen molar-refractivity contribution in [3.8, 4) is 5.75 Å². The summed E-state index contributed by atoms with van der Waals surface area (Å²) < 4.78 is 63.7. The van der Waals surface area contributed by atoms with Crippen LogP contribution in [0.4, 0.5) is 13.2 Å². The van der Waals surface area contributed by atoms with Crippen molar-refractivity contribution >= 4 is 10.1 Å². The molecule has 0 saturated carbocycles. The summed E-state index contributed by atoms with van der Waals surface area (Å²) in [5.41, 5.74) is -4.05. The lowest BCUT2D eigenvalue weighted by atomic mass is 9.87. The first kappa shape index (κ1) is 16.1.